The highest BCUT2D eigenvalue weighted by molar-refractivity contribution is 5.72. The molecule has 0 spiro atoms. The van der Waals surface area contributed by atoms with E-state index in [0.29, 0.717) is 30.6 Å². The average Bonchev–Trinajstić information content (AvgIpc) is 3.27. The highest BCUT2D eigenvalue weighted by Gasteiger charge is 2.60. The van der Waals surface area contributed by atoms with Gasteiger partial charge in [0.15, 0.2) is 0 Å². The molecule has 1 unspecified atom stereocenters. The van der Waals surface area contributed by atoms with Crippen LogP contribution >= 0.6 is 0 Å². The minimum atomic E-state index is -5.84. The molecule has 0 aliphatic carbocycles. The standard InChI is InChI=1S/C26H32F9N3O4/c1-23(2,3)42-20(39)15-37-7-6-17(14-37)19-12-18(24(27,28)29)5-4-16(19)13-36-8-10-38(11-9-36)22(40)41-21(25(30,31)32)26(33,34)35/h4-5,12,17,21H,6-11,13-15H2,1-3H3. The van der Waals surface area contributed by atoms with Crippen LogP contribution in [0.4, 0.5) is 44.3 Å². The summed E-state index contributed by atoms with van der Waals surface area (Å²) in [6, 6.07) is 3.35. The molecule has 0 radical (unpaired) electrons. The van der Waals surface area contributed by atoms with Crippen LogP contribution in [0, 0.1) is 0 Å². The van der Waals surface area contributed by atoms with E-state index in [1.54, 1.807) is 30.6 Å². The minimum Gasteiger partial charge on any atom is -0.459 e. The summed E-state index contributed by atoms with van der Waals surface area (Å²) in [4.78, 5) is 28.5. The number of ether oxygens (including phenoxy) is 2. The fourth-order valence-corrected chi connectivity index (χ4v) is 4.91. The van der Waals surface area contributed by atoms with Gasteiger partial charge in [0.05, 0.1) is 12.1 Å². The van der Waals surface area contributed by atoms with Gasteiger partial charge in [-0.3, -0.25) is 14.6 Å². The van der Waals surface area contributed by atoms with Gasteiger partial charge in [-0.05, 0) is 62.9 Å². The number of carbonyl (C=O) groups is 2. The van der Waals surface area contributed by atoms with E-state index in [1.165, 1.54) is 6.07 Å². The van der Waals surface area contributed by atoms with E-state index in [0.717, 1.165) is 17.0 Å². The molecule has 1 amide bonds. The van der Waals surface area contributed by atoms with Gasteiger partial charge in [-0.2, -0.15) is 39.5 Å². The lowest BCUT2D eigenvalue weighted by Gasteiger charge is -2.35. The molecule has 1 atom stereocenters. The lowest BCUT2D eigenvalue weighted by atomic mass is 9.91. The Morgan fingerprint density at radius 2 is 1.48 bits per heavy atom. The molecular weight excluding hydrogens is 589 g/mol. The number of hydrogen-bond acceptors (Lipinski definition) is 6. The van der Waals surface area contributed by atoms with Crippen LogP contribution in [-0.2, 0) is 27.0 Å². The molecule has 2 aliphatic rings. The number of carbonyl (C=O) groups excluding carboxylic acids is 2. The number of likely N-dealkylation sites (tertiary alicyclic amines) is 1. The fourth-order valence-electron chi connectivity index (χ4n) is 4.91. The Kier molecular flexibility index (Phi) is 10.0. The fraction of sp³-hybridized carbons (Fsp3) is 0.692. The van der Waals surface area contributed by atoms with Crippen LogP contribution in [0.3, 0.4) is 0 Å². The van der Waals surface area contributed by atoms with Crippen LogP contribution < -0.4 is 0 Å². The molecule has 1 aromatic carbocycles. The third-order valence-electron chi connectivity index (χ3n) is 6.80. The molecule has 2 heterocycles. The summed E-state index contributed by atoms with van der Waals surface area (Å²) >= 11 is 0. The van der Waals surface area contributed by atoms with Crippen LogP contribution in [0.5, 0.6) is 0 Å². The summed E-state index contributed by atoms with van der Waals surface area (Å²) in [5, 5.41) is 0. The maximum absolute atomic E-state index is 13.5. The molecule has 0 saturated carbocycles. The topological polar surface area (TPSA) is 62.3 Å². The zero-order valence-corrected chi connectivity index (χ0v) is 23.1. The predicted molar refractivity (Wildman–Crippen MR) is 130 cm³/mol. The second-order valence-corrected chi connectivity index (χ2v) is 11.3. The Morgan fingerprint density at radius 1 is 0.881 bits per heavy atom. The Bertz CT molecular complexity index is 1090. The lowest BCUT2D eigenvalue weighted by Crippen LogP contribution is -2.52. The lowest BCUT2D eigenvalue weighted by molar-refractivity contribution is -0.308. The molecule has 16 heteroatoms. The predicted octanol–water partition coefficient (Wildman–Crippen LogP) is 5.58. The maximum Gasteiger partial charge on any atom is 0.434 e. The number of rotatable bonds is 6. The van der Waals surface area contributed by atoms with Crippen molar-refractivity contribution in [1.29, 1.82) is 0 Å². The van der Waals surface area contributed by atoms with E-state index in [4.69, 9.17) is 4.74 Å². The van der Waals surface area contributed by atoms with E-state index in [2.05, 4.69) is 4.74 Å². The first kappa shape index (κ1) is 33.7. The first-order valence-electron chi connectivity index (χ1n) is 13.1. The van der Waals surface area contributed by atoms with Gasteiger partial charge in [0.25, 0.3) is 6.10 Å². The monoisotopic (exact) mass is 621 g/mol. The summed E-state index contributed by atoms with van der Waals surface area (Å²) in [6.07, 6.45) is -21.8. The molecule has 2 fully saturated rings. The summed E-state index contributed by atoms with van der Waals surface area (Å²) < 4.78 is 126. The number of hydrogen-bond donors (Lipinski definition) is 0. The molecule has 0 aromatic heterocycles. The quantitative estimate of drug-likeness (QED) is 0.305. The molecular formula is C26H32F9N3O4. The second kappa shape index (κ2) is 12.5. The van der Waals surface area contributed by atoms with Crippen LogP contribution in [0.2, 0.25) is 0 Å². The van der Waals surface area contributed by atoms with Crippen LogP contribution in [0.1, 0.15) is 49.8 Å². The van der Waals surface area contributed by atoms with Crippen molar-refractivity contribution in [2.24, 2.45) is 0 Å². The molecule has 238 valence electrons. The molecule has 0 N–H and O–H groups in total. The van der Waals surface area contributed by atoms with Gasteiger partial charge in [-0.25, -0.2) is 4.79 Å². The highest BCUT2D eigenvalue weighted by Crippen LogP contribution is 2.37. The largest absolute Gasteiger partial charge is 0.459 e. The Labute approximate surface area is 236 Å². The van der Waals surface area contributed by atoms with Crippen LogP contribution in [0.15, 0.2) is 18.2 Å². The average molecular weight is 622 g/mol. The number of nitrogens with zero attached hydrogens (tertiary/aromatic N) is 3. The number of piperazine rings is 1. The molecule has 2 saturated heterocycles. The van der Waals surface area contributed by atoms with Crippen molar-refractivity contribution in [1.82, 2.24) is 14.7 Å². The van der Waals surface area contributed by atoms with Crippen molar-refractivity contribution in [3.63, 3.8) is 0 Å². The van der Waals surface area contributed by atoms with E-state index < -0.39 is 47.9 Å². The van der Waals surface area contributed by atoms with Crippen LogP contribution in [-0.4, -0.2) is 96.6 Å². The highest BCUT2D eigenvalue weighted by atomic mass is 19.4. The van der Waals surface area contributed by atoms with E-state index in [9.17, 15) is 49.1 Å². The molecule has 0 bridgehead atoms. The van der Waals surface area contributed by atoms with E-state index in [1.807, 2.05) is 0 Å². The number of amides is 1. The van der Waals surface area contributed by atoms with Gasteiger partial charge >= 0.3 is 30.6 Å². The molecule has 7 nitrogen and oxygen atoms in total. The Morgan fingerprint density at radius 3 is 2.00 bits per heavy atom. The first-order valence-corrected chi connectivity index (χ1v) is 13.1. The van der Waals surface area contributed by atoms with Crippen molar-refractivity contribution >= 4 is 12.1 Å². The molecule has 3 rings (SSSR count). The zero-order chi connectivity index (χ0) is 31.7. The Balaban J connectivity index is 1.67. The summed E-state index contributed by atoms with van der Waals surface area (Å²) in [7, 11) is 0. The third kappa shape index (κ3) is 9.38. The van der Waals surface area contributed by atoms with Crippen molar-refractivity contribution in [3.05, 3.63) is 34.9 Å². The number of halogens is 9. The van der Waals surface area contributed by atoms with Crippen LogP contribution in [0.25, 0.3) is 0 Å². The maximum atomic E-state index is 13.5. The number of alkyl halides is 9. The zero-order valence-electron chi connectivity index (χ0n) is 23.1. The molecule has 42 heavy (non-hydrogen) atoms. The third-order valence-corrected chi connectivity index (χ3v) is 6.80. The number of benzene rings is 1. The van der Waals surface area contributed by atoms with Gasteiger partial charge in [0, 0.05) is 39.3 Å². The van der Waals surface area contributed by atoms with Crippen molar-refractivity contribution < 1.29 is 58.6 Å². The first-order chi connectivity index (χ1) is 19.1. The second-order valence-electron chi connectivity index (χ2n) is 11.3. The number of esters is 1. The summed E-state index contributed by atoms with van der Waals surface area (Å²) in [5.74, 6) is -0.789. The van der Waals surface area contributed by atoms with Crippen molar-refractivity contribution in [2.75, 3.05) is 45.8 Å². The Hall–Kier alpha value is -2.75. The van der Waals surface area contributed by atoms with Gasteiger partial charge in [-0.1, -0.05) is 6.07 Å². The summed E-state index contributed by atoms with van der Waals surface area (Å²) in [5.41, 5.74) is -0.555. The SMILES string of the molecule is CC(C)(C)OC(=O)CN1CCC(c2cc(C(F)(F)F)ccc2CN2CCN(C(=O)OC(C(F)(F)F)C(F)(F)F)CC2)C1. The molecule has 1 aromatic rings. The minimum absolute atomic E-state index is 0.0241. The van der Waals surface area contributed by atoms with Gasteiger partial charge < -0.3 is 14.4 Å². The van der Waals surface area contributed by atoms with Crippen molar-refractivity contribution in [3.8, 4) is 0 Å². The van der Waals surface area contributed by atoms with Gasteiger partial charge in [0.1, 0.15) is 5.60 Å². The van der Waals surface area contributed by atoms with E-state index in [-0.39, 0.29) is 45.2 Å². The smallest absolute Gasteiger partial charge is 0.434 e. The van der Waals surface area contributed by atoms with E-state index >= 15 is 0 Å². The van der Waals surface area contributed by atoms with Gasteiger partial charge in [-0.15, -0.1) is 0 Å². The normalized spacial score (nSPS) is 19.8. The summed E-state index contributed by atoms with van der Waals surface area (Å²) in [6.45, 7) is 5.61. The molecule has 2 aliphatic heterocycles. The van der Waals surface area contributed by atoms with Crippen molar-refractivity contribution in [2.45, 2.75) is 69.9 Å². The van der Waals surface area contributed by atoms with Gasteiger partial charge in [0.2, 0.25) is 0 Å².